The number of nitrogens with zero attached hydrogens (tertiary/aromatic N) is 2. The molecular formula is C18H22Cl2IN5O. The van der Waals surface area contributed by atoms with Gasteiger partial charge in [0, 0.05) is 31.4 Å². The van der Waals surface area contributed by atoms with Crippen LogP contribution in [0.25, 0.3) is 0 Å². The molecule has 0 saturated carbocycles. The van der Waals surface area contributed by atoms with Gasteiger partial charge < -0.3 is 16.0 Å². The van der Waals surface area contributed by atoms with Gasteiger partial charge in [0.15, 0.2) is 5.96 Å². The molecule has 3 N–H and O–H groups in total. The van der Waals surface area contributed by atoms with Gasteiger partial charge in [-0.2, -0.15) is 0 Å². The normalized spacial score (nSPS) is 10.7. The van der Waals surface area contributed by atoms with Crippen LogP contribution in [0.1, 0.15) is 23.0 Å². The molecule has 6 nitrogen and oxygen atoms in total. The van der Waals surface area contributed by atoms with Crippen molar-refractivity contribution in [1.29, 1.82) is 0 Å². The first kappa shape index (κ1) is 23.5. The number of carbonyl (C=O) groups is 1. The number of guanidine groups is 1. The number of nitrogens with one attached hydrogen (secondary N) is 3. The van der Waals surface area contributed by atoms with Crippen molar-refractivity contribution in [2.75, 3.05) is 19.6 Å². The molecule has 0 bridgehead atoms. The Kier molecular flexibility index (Phi) is 11.1. The van der Waals surface area contributed by atoms with Gasteiger partial charge in [-0.1, -0.05) is 29.3 Å². The van der Waals surface area contributed by atoms with Crippen LogP contribution in [0.5, 0.6) is 0 Å². The topological polar surface area (TPSA) is 78.4 Å². The molecule has 1 aromatic carbocycles. The number of hydrogen-bond acceptors (Lipinski definition) is 3. The molecule has 2 rings (SSSR count). The van der Waals surface area contributed by atoms with Crippen LogP contribution in [-0.4, -0.2) is 36.5 Å². The van der Waals surface area contributed by atoms with Crippen LogP contribution in [0.2, 0.25) is 10.0 Å². The number of pyridine rings is 1. The zero-order valence-corrected chi connectivity index (χ0v) is 18.7. The standard InChI is InChI=1S/C18H21Cl2N5O.HI/c1-2-21-18(25-12-14-5-3-4-8-22-14)24-10-9-23-17(26)13-6-7-15(19)16(20)11-13;/h3-8,11H,2,9-10,12H2,1H3,(H,23,26)(H2,21,24,25);1H. The maximum Gasteiger partial charge on any atom is 0.251 e. The smallest absolute Gasteiger partial charge is 0.251 e. The summed E-state index contributed by atoms with van der Waals surface area (Å²) in [4.78, 5) is 20.8. The number of halogens is 3. The molecule has 1 amide bonds. The van der Waals surface area contributed by atoms with Crippen LogP contribution >= 0.6 is 47.2 Å². The predicted molar refractivity (Wildman–Crippen MR) is 121 cm³/mol. The Bertz CT molecular complexity index is 759. The Morgan fingerprint density at radius 3 is 2.52 bits per heavy atom. The van der Waals surface area contributed by atoms with E-state index in [1.807, 2.05) is 25.1 Å². The second kappa shape index (κ2) is 12.7. The molecule has 0 fully saturated rings. The molecule has 146 valence electrons. The molecular weight excluding hydrogens is 500 g/mol. The van der Waals surface area contributed by atoms with Crippen molar-refractivity contribution >= 4 is 59.0 Å². The van der Waals surface area contributed by atoms with Gasteiger partial charge in [-0.05, 0) is 37.3 Å². The van der Waals surface area contributed by atoms with E-state index in [4.69, 9.17) is 23.2 Å². The van der Waals surface area contributed by atoms with Crippen LogP contribution in [0.3, 0.4) is 0 Å². The van der Waals surface area contributed by atoms with Gasteiger partial charge in [0.2, 0.25) is 0 Å². The van der Waals surface area contributed by atoms with E-state index in [9.17, 15) is 4.79 Å². The first-order chi connectivity index (χ1) is 12.6. The predicted octanol–water partition coefficient (Wildman–Crippen LogP) is 3.49. The third kappa shape index (κ3) is 8.32. The Hall–Kier alpha value is -1.58. The zero-order valence-electron chi connectivity index (χ0n) is 14.8. The van der Waals surface area contributed by atoms with Gasteiger partial charge >= 0.3 is 0 Å². The maximum atomic E-state index is 12.1. The summed E-state index contributed by atoms with van der Waals surface area (Å²) in [6.07, 6.45) is 1.74. The molecule has 0 aliphatic carbocycles. The molecule has 0 saturated heterocycles. The number of carbonyl (C=O) groups excluding carboxylic acids is 1. The van der Waals surface area contributed by atoms with E-state index in [2.05, 4.69) is 25.9 Å². The van der Waals surface area contributed by atoms with Crippen molar-refractivity contribution < 1.29 is 4.79 Å². The second-order valence-electron chi connectivity index (χ2n) is 5.33. The minimum absolute atomic E-state index is 0. The fraction of sp³-hybridized carbons (Fsp3) is 0.278. The minimum atomic E-state index is -0.208. The number of aromatic nitrogens is 1. The number of rotatable bonds is 7. The average Bonchev–Trinajstić information content (AvgIpc) is 2.66. The lowest BCUT2D eigenvalue weighted by Gasteiger charge is -2.12. The third-order valence-corrected chi connectivity index (χ3v) is 4.09. The molecule has 0 radical (unpaired) electrons. The van der Waals surface area contributed by atoms with Gasteiger partial charge in [-0.15, -0.1) is 24.0 Å². The first-order valence-corrected chi connectivity index (χ1v) is 9.01. The highest BCUT2D eigenvalue weighted by atomic mass is 127. The van der Waals surface area contributed by atoms with E-state index in [0.717, 1.165) is 12.2 Å². The third-order valence-electron chi connectivity index (χ3n) is 3.35. The highest BCUT2D eigenvalue weighted by Gasteiger charge is 2.07. The van der Waals surface area contributed by atoms with Crippen molar-refractivity contribution in [2.24, 2.45) is 4.99 Å². The van der Waals surface area contributed by atoms with E-state index in [1.165, 1.54) is 0 Å². The molecule has 0 unspecified atom stereocenters. The zero-order chi connectivity index (χ0) is 18.8. The second-order valence-corrected chi connectivity index (χ2v) is 6.14. The van der Waals surface area contributed by atoms with E-state index >= 15 is 0 Å². The summed E-state index contributed by atoms with van der Waals surface area (Å²) >= 11 is 11.8. The summed E-state index contributed by atoms with van der Waals surface area (Å²) in [6, 6.07) is 10.5. The quantitative estimate of drug-likeness (QED) is 0.225. The highest BCUT2D eigenvalue weighted by molar-refractivity contribution is 14.0. The van der Waals surface area contributed by atoms with Crippen molar-refractivity contribution in [3.63, 3.8) is 0 Å². The lowest BCUT2D eigenvalue weighted by molar-refractivity contribution is 0.0954. The number of aliphatic imine (C=N–C) groups is 1. The van der Waals surface area contributed by atoms with Crippen LogP contribution in [-0.2, 0) is 6.54 Å². The van der Waals surface area contributed by atoms with Gasteiger partial charge in [-0.25, -0.2) is 4.99 Å². The number of amides is 1. The molecule has 0 aliphatic heterocycles. The minimum Gasteiger partial charge on any atom is -0.357 e. The van der Waals surface area contributed by atoms with Crippen LogP contribution < -0.4 is 16.0 Å². The lowest BCUT2D eigenvalue weighted by Crippen LogP contribution is -2.41. The van der Waals surface area contributed by atoms with Gasteiger partial charge in [0.05, 0.1) is 22.3 Å². The van der Waals surface area contributed by atoms with E-state index < -0.39 is 0 Å². The monoisotopic (exact) mass is 521 g/mol. The van der Waals surface area contributed by atoms with Gasteiger partial charge in [0.1, 0.15) is 0 Å². The Morgan fingerprint density at radius 1 is 1.07 bits per heavy atom. The van der Waals surface area contributed by atoms with Crippen molar-refractivity contribution in [3.05, 3.63) is 63.9 Å². The summed E-state index contributed by atoms with van der Waals surface area (Å²) in [6.45, 7) is 4.17. The molecule has 0 spiro atoms. The summed E-state index contributed by atoms with van der Waals surface area (Å²) in [7, 11) is 0. The maximum absolute atomic E-state index is 12.1. The summed E-state index contributed by atoms with van der Waals surface area (Å²) in [5, 5.41) is 9.91. The van der Waals surface area contributed by atoms with Crippen LogP contribution in [0.4, 0.5) is 0 Å². The molecule has 0 atom stereocenters. The Morgan fingerprint density at radius 2 is 1.85 bits per heavy atom. The molecule has 9 heteroatoms. The summed E-state index contributed by atoms with van der Waals surface area (Å²) in [5.41, 5.74) is 1.35. The Balaban J connectivity index is 0.00000364. The Labute approximate surface area is 186 Å². The van der Waals surface area contributed by atoms with Crippen molar-refractivity contribution in [2.45, 2.75) is 13.5 Å². The van der Waals surface area contributed by atoms with Gasteiger partial charge in [-0.3, -0.25) is 9.78 Å². The van der Waals surface area contributed by atoms with Crippen molar-refractivity contribution in [1.82, 2.24) is 20.9 Å². The molecule has 1 heterocycles. The highest BCUT2D eigenvalue weighted by Crippen LogP contribution is 2.22. The average molecular weight is 522 g/mol. The lowest BCUT2D eigenvalue weighted by atomic mass is 10.2. The number of hydrogen-bond donors (Lipinski definition) is 3. The molecule has 2 aromatic rings. The first-order valence-electron chi connectivity index (χ1n) is 8.25. The van der Waals surface area contributed by atoms with E-state index in [1.54, 1.807) is 24.4 Å². The fourth-order valence-corrected chi connectivity index (χ4v) is 2.39. The largest absolute Gasteiger partial charge is 0.357 e. The molecule has 0 aliphatic rings. The summed E-state index contributed by atoms with van der Waals surface area (Å²) in [5.74, 6) is 0.461. The molecule has 1 aromatic heterocycles. The van der Waals surface area contributed by atoms with Crippen LogP contribution in [0.15, 0.2) is 47.6 Å². The fourth-order valence-electron chi connectivity index (χ4n) is 2.09. The van der Waals surface area contributed by atoms with E-state index in [-0.39, 0.29) is 29.9 Å². The van der Waals surface area contributed by atoms with Crippen LogP contribution in [0, 0.1) is 0 Å². The van der Waals surface area contributed by atoms with Crippen molar-refractivity contribution in [3.8, 4) is 0 Å². The SMILES string of the molecule is CCNC(=NCc1ccccn1)NCCNC(=O)c1ccc(Cl)c(Cl)c1.I. The van der Waals surface area contributed by atoms with E-state index in [0.29, 0.717) is 41.2 Å². The summed E-state index contributed by atoms with van der Waals surface area (Å²) < 4.78 is 0. The molecule has 27 heavy (non-hydrogen) atoms. The number of benzene rings is 1. The van der Waals surface area contributed by atoms with Gasteiger partial charge in [0.25, 0.3) is 5.91 Å².